The van der Waals surface area contributed by atoms with Crippen molar-refractivity contribution in [1.82, 2.24) is 0 Å². The van der Waals surface area contributed by atoms with E-state index in [1.54, 1.807) is 36.4 Å². The third-order valence-corrected chi connectivity index (χ3v) is 6.54. The van der Waals surface area contributed by atoms with Gasteiger partial charge in [-0.1, -0.05) is 77.9 Å². The molecule has 41 heavy (non-hydrogen) atoms. The molecule has 6 nitrogen and oxygen atoms in total. The molecule has 7 heteroatoms. The third kappa shape index (κ3) is 7.17. The van der Waals surface area contributed by atoms with E-state index in [0.717, 1.165) is 6.42 Å². The largest absolute Gasteiger partial charge is 3.00 e. The second-order valence-corrected chi connectivity index (χ2v) is 8.81. The second-order valence-electron chi connectivity index (χ2n) is 8.81. The summed E-state index contributed by atoms with van der Waals surface area (Å²) in [7, 11) is 5.82. The van der Waals surface area contributed by atoms with E-state index in [1.807, 2.05) is 0 Å². The minimum atomic E-state index is -0.211. The van der Waals surface area contributed by atoms with Crippen molar-refractivity contribution < 1.29 is 55.4 Å². The van der Waals surface area contributed by atoms with Gasteiger partial charge >= 0.3 is 26.2 Å². The first-order chi connectivity index (χ1) is 19.5. The summed E-state index contributed by atoms with van der Waals surface area (Å²) in [5, 5.41) is 27.8. The Morgan fingerprint density at radius 2 is 1.10 bits per heavy atom. The maximum absolute atomic E-state index is 11.2. The molecule has 0 spiro atoms. The molecular formula is C34H31O6Zr. The van der Waals surface area contributed by atoms with Gasteiger partial charge in [-0.2, -0.15) is 0 Å². The van der Waals surface area contributed by atoms with Gasteiger partial charge in [-0.3, -0.25) is 0 Å². The summed E-state index contributed by atoms with van der Waals surface area (Å²) in [5.74, 6) is 0.817. The number of ether oxygens (including phenoxy) is 4. The molecule has 0 saturated carbocycles. The minimum absolute atomic E-state index is 0. The molecule has 6 rings (SSSR count). The number of methoxy groups -OCH3 is 4. The van der Waals surface area contributed by atoms with Crippen LogP contribution in [-0.4, -0.2) is 28.4 Å². The van der Waals surface area contributed by atoms with E-state index in [1.165, 1.54) is 61.1 Å². The molecule has 0 N–H and O–H groups in total. The summed E-state index contributed by atoms with van der Waals surface area (Å²) < 4.78 is 19.2. The van der Waals surface area contributed by atoms with E-state index in [2.05, 4.69) is 66.8 Å². The fourth-order valence-electron chi connectivity index (χ4n) is 4.54. The van der Waals surface area contributed by atoms with Crippen LogP contribution in [0.25, 0.3) is 27.1 Å². The van der Waals surface area contributed by atoms with Crippen LogP contribution in [0.3, 0.4) is 0 Å². The molecule has 5 aromatic rings. The smallest absolute Gasteiger partial charge is 0.867 e. The Kier molecular flexibility index (Phi) is 11.5. The Hall–Kier alpha value is -4.09. The standard InChI is InChI=1S/C18H13.2C8H10O3.Zr/c1-2-7-13(6-1)15-10-5-11-17-16-9-4-3-8-14(16)12-18(15)17;2*1-10-6-4-3-5-7(11-2)8(6)9;/h1-6,8-12H,7H2;2*3-5,9H,1-2H3;/q-1;;;+3/p-2. The van der Waals surface area contributed by atoms with Crippen LogP contribution in [0, 0.1) is 0 Å². The van der Waals surface area contributed by atoms with Gasteiger partial charge < -0.3 is 29.2 Å². The average molecular weight is 627 g/mol. The third-order valence-electron chi connectivity index (χ3n) is 6.54. The molecule has 0 saturated heterocycles. The van der Waals surface area contributed by atoms with Crippen LogP contribution in [0.4, 0.5) is 0 Å². The maximum Gasteiger partial charge on any atom is 3.00 e. The van der Waals surface area contributed by atoms with E-state index >= 15 is 0 Å². The number of rotatable bonds is 5. The van der Waals surface area contributed by atoms with Gasteiger partial charge in [0.25, 0.3) is 0 Å². The second kappa shape index (κ2) is 15.1. The quantitative estimate of drug-likeness (QED) is 0.204. The van der Waals surface area contributed by atoms with Gasteiger partial charge in [0.05, 0.1) is 28.4 Å². The van der Waals surface area contributed by atoms with Gasteiger partial charge in [-0.15, -0.1) is 33.7 Å². The van der Waals surface area contributed by atoms with Crippen molar-refractivity contribution in [2.75, 3.05) is 28.4 Å². The van der Waals surface area contributed by atoms with Crippen LogP contribution in [0.15, 0.2) is 103 Å². The molecule has 0 unspecified atom stereocenters. The molecule has 0 heterocycles. The minimum Gasteiger partial charge on any atom is -0.867 e. The van der Waals surface area contributed by atoms with E-state index < -0.39 is 0 Å². The van der Waals surface area contributed by atoms with Crippen LogP contribution < -0.4 is 29.2 Å². The van der Waals surface area contributed by atoms with Crippen molar-refractivity contribution in [3.8, 4) is 34.5 Å². The molecule has 0 amide bonds. The summed E-state index contributed by atoms with van der Waals surface area (Å²) in [5.41, 5.74) is 2.81. The molecule has 5 aromatic carbocycles. The molecule has 0 bridgehead atoms. The Bertz CT molecular complexity index is 1550. The first-order valence-electron chi connectivity index (χ1n) is 12.7. The fourth-order valence-corrected chi connectivity index (χ4v) is 4.54. The first kappa shape index (κ1) is 31.4. The van der Waals surface area contributed by atoms with Crippen molar-refractivity contribution in [3.63, 3.8) is 0 Å². The van der Waals surface area contributed by atoms with Crippen molar-refractivity contribution in [1.29, 1.82) is 0 Å². The van der Waals surface area contributed by atoms with Gasteiger partial charge in [0, 0.05) is 0 Å². The molecule has 1 radical (unpaired) electrons. The Labute approximate surface area is 259 Å². The Morgan fingerprint density at radius 1 is 0.610 bits per heavy atom. The topological polar surface area (TPSA) is 83.0 Å². The summed E-state index contributed by atoms with van der Waals surface area (Å²) in [4.78, 5) is 0. The van der Waals surface area contributed by atoms with Gasteiger partial charge in [0.2, 0.25) is 0 Å². The molecule has 0 aliphatic heterocycles. The molecule has 1 aliphatic carbocycles. The van der Waals surface area contributed by atoms with E-state index in [9.17, 15) is 10.2 Å². The van der Waals surface area contributed by atoms with Crippen LogP contribution in [0.2, 0.25) is 0 Å². The van der Waals surface area contributed by atoms with Gasteiger partial charge in [-0.25, -0.2) is 0 Å². The summed E-state index contributed by atoms with van der Waals surface area (Å²) in [6.45, 7) is 0. The van der Waals surface area contributed by atoms with Crippen molar-refractivity contribution in [3.05, 3.63) is 109 Å². The van der Waals surface area contributed by atoms with Gasteiger partial charge in [0.15, 0.2) is 0 Å². The van der Waals surface area contributed by atoms with E-state index in [-0.39, 0.29) is 37.7 Å². The van der Waals surface area contributed by atoms with Gasteiger partial charge in [-0.05, 0) is 42.2 Å². The number of hydrogen-bond acceptors (Lipinski definition) is 6. The molecule has 0 aromatic heterocycles. The zero-order valence-electron chi connectivity index (χ0n) is 23.5. The van der Waals surface area contributed by atoms with Crippen LogP contribution >= 0.6 is 0 Å². The van der Waals surface area contributed by atoms with Crippen molar-refractivity contribution in [2.24, 2.45) is 0 Å². The molecular weight excluding hydrogens is 596 g/mol. The van der Waals surface area contributed by atoms with E-state index in [0.29, 0.717) is 23.0 Å². The van der Waals surface area contributed by atoms with Gasteiger partial charge in [0.1, 0.15) is 23.0 Å². The SMILES string of the molecule is C1=CCC(c2cccc3c2[cH-]c2ccccc23)=C1.COc1cccc(OC)c1[O-].COc1cccc(OC)c1[O-].[Zr+3]. The van der Waals surface area contributed by atoms with Crippen LogP contribution in [0.5, 0.6) is 34.5 Å². The van der Waals surface area contributed by atoms with Crippen LogP contribution in [0.1, 0.15) is 12.0 Å². The Balaban J connectivity index is 0.000000177. The predicted octanol–water partition coefficient (Wildman–Crippen LogP) is 6.61. The zero-order chi connectivity index (χ0) is 28.5. The summed E-state index contributed by atoms with van der Waals surface area (Å²) in [6.07, 6.45) is 7.65. The molecule has 0 fully saturated rings. The van der Waals surface area contributed by atoms with E-state index in [4.69, 9.17) is 18.9 Å². The molecule has 207 valence electrons. The van der Waals surface area contributed by atoms with Crippen molar-refractivity contribution in [2.45, 2.75) is 6.42 Å². The average Bonchev–Trinajstić information content (AvgIpc) is 3.67. The number of para-hydroxylation sites is 2. The number of fused-ring (bicyclic) bond motifs is 3. The normalized spacial score (nSPS) is 11.4. The number of benzene rings is 4. The monoisotopic (exact) mass is 625 g/mol. The fraction of sp³-hybridized carbons (Fsp3) is 0.147. The van der Waals surface area contributed by atoms with Crippen molar-refractivity contribution >= 4 is 27.1 Å². The Morgan fingerprint density at radius 3 is 1.59 bits per heavy atom. The summed E-state index contributed by atoms with van der Waals surface area (Å²) in [6, 6.07) is 27.4. The molecule has 0 atom stereocenters. The zero-order valence-corrected chi connectivity index (χ0v) is 25.9. The van der Waals surface area contributed by atoms with Crippen LogP contribution in [-0.2, 0) is 26.2 Å². The molecule has 1 aliphatic rings. The maximum atomic E-state index is 11.2. The predicted molar refractivity (Wildman–Crippen MR) is 157 cm³/mol. The summed E-state index contributed by atoms with van der Waals surface area (Å²) >= 11 is 0. The number of allylic oxidation sites excluding steroid dienone is 4. The number of hydrogen-bond donors (Lipinski definition) is 0. The first-order valence-corrected chi connectivity index (χ1v) is 12.7.